The lowest BCUT2D eigenvalue weighted by molar-refractivity contribution is -0.192. The van der Waals surface area contributed by atoms with Gasteiger partial charge in [-0.2, -0.15) is 13.2 Å². The van der Waals surface area contributed by atoms with E-state index in [0.29, 0.717) is 39.6 Å². The minimum Gasteiger partial charge on any atom is -0.497 e. The van der Waals surface area contributed by atoms with E-state index >= 15 is 0 Å². The lowest BCUT2D eigenvalue weighted by Gasteiger charge is -2.27. The molecule has 0 saturated heterocycles. The minimum atomic E-state index is -5.08. The molecule has 3 aromatic rings. The summed E-state index contributed by atoms with van der Waals surface area (Å²) in [6.45, 7) is 4.37. The number of ether oxygens (including phenoxy) is 2. The second-order valence-corrected chi connectivity index (χ2v) is 10.3. The zero-order valence-electron chi connectivity index (χ0n) is 25.4. The van der Waals surface area contributed by atoms with E-state index in [2.05, 4.69) is 10.6 Å². The van der Waals surface area contributed by atoms with Gasteiger partial charge in [0.1, 0.15) is 23.4 Å². The number of aliphatic imine (C=N–C) groups is 1. The van der Waals surface area contributed by atoms with Gasteiger partial charge in [-0.1, -0.05) is 47.5 Å². The highest BCUT2D eigenvalue weighted by Crippen LogP contribution is 2.45. The number of hydrogen-bond acceptors (Lipinski definition) is 7. The summed E-state index contributed by atoms with van der Waals surface area (Å²) in [7, 11) is 5.45. The van der Waals surface area contributed by atoms with Crippen LogP contribution in [-0.2, 0) is 4.79 Å². The number of benzene rings is 3. The quantitative estimate of drug-likeness (QED) is 0.183. The molecule has 0 bridgehead atoms. The Labute approximate surface area is 274 Å². The van der Waals surface area contributed by atoms with E-state index in [1.165, 1.54) is 4.90 Å². The molecule has 3 aromatic carbocycles. The Morgan fingerprint density at radius 3 is 1.83 bits per heavy atom. The first-order valence-electron chi connectivity index (χ1n) is 13.8. The third-order valence-electron chi connectivity index (χ3n) is 6.29. The smallest absolute Gasteiger partial charge is 0.490 e. The second kappa shape index (κ2) is 18.2. The number of carbonyl (C=O) groups is 2. The molecule has 1 amide bonds. The summed E-state index contributed by atoms with van der Waals surface area (Å²) in [5.41, 5.74) is 2.18. The standard InChI is InChI=1S/C25H22Cl2N2O4.C4H12N2.C2HF3O2/c1-3-33-21-14-19(32-2)12-13-20(21)24-28-22(15-4-8-17(26)9-5-15)23(29(24)25(30)31)16-6-10-18(27)11-7-16;1-5-3-4-6-2;3-2(4,5)1(6)7/h4-14,22-23H,3H2,1-2H3,(H,30,31);5-6H,3-4H2,1-2H3;(H,6,7). The number of likely N-dealkylation sites (N-methyl/N-ethyl adjacent to an activating group) is 2. The van der Waals surface area contributed by atoms with Crippen LogP contribution < -0.4 is 20.1 Å². The predicted molar refractivity (Wildman–Crippen MR) is 170 cm³/mol. The molecule has 1 aliphatic rings. The van der Waals surface area contributed by atoms with Crippen LogP contribution in [0.5, 0.6) is 11.5 Å². The van der Waals surface area contributed by atoms with Crippen molar-refractivity contribution < 1.29 is 42.4 Å². The lowest BCUT2D eigenvalue weighted by Crippen LogP contribution is -2.36. The summed E-state index contributed by atoms with van der Waals surface area (Å²) < 4.78 is 42.9. The molecule has 15 heteroatoms. The minimum absolute atomic E-state index is 0.300. The third-order valence-corrected chi connectivity index (χ3v) is 6.80. The summed E-state index contributed by atoms with van der Waals surface area (Å²) >= 11 is 12.2. The maximum absolute atomic E-state index is 12.6. The van der Waals surface area contributed by atoms with Crippen LogP contribution in [-0.4, -0.2) is 80.1 Å². The Hall–Kier alpha value is -4.04. The van der Waals surface area contributed by atoms with E-state index < -0.39 is 30.3 Å². The van der Waals surface area contributed by atoms with Gasteiger partial charge in [0.25, 0.3) is 0 Å². The van der Waals surface area contributed by atoms with Gasteiger partial charge in [-0.05, 0) is 68.5 Å². The van der Waals surface area contributed by atoms with Crippen molar-refractivity contribution in [3.05, 3.63) is 93.5 Å². The lowest BCUT2D eigenvalue weighted by atomic mass is 9.94. The summed E-state index contributed by atoms with van der Waals surface area (Å²) in [5, 5.41) is 24.6. The Kier molecular flexibility index (Phi) is 15.1. The maximum Gasteiger partial charge on any atom is 0.490 e. The number of nitrogens with zero attached hydrogens (tertiary/aromatic N) is 2. The molecule has 1 heterocycles. The molecule has 2 atom stereocenters. The summed E-state index contributed by atoms with van der Waals surface area (Å²) in [4.78, 5) is 27.7. The largest absolute Gasteiger partial charge is 0.497 e. The normalized spacial score (nSPS) is 15.5. The van der Waals surface area contributed by atoms with E-state index in [4.69, 9.17) is 47.6 Å². The molecule has 250 valence electrons. The van der Waals surface area contributed by atoms with Gasteiger partial charge in [-0.25, -0.2) is 9.59 Å². The molecule has 4 rings (SSSR count). The number of amides is 1. The highest BCUT2D eigenvalue weighted by Gasteiger charge is 2.43. The highest BCUT2D eigenvalue weighted by molar-refractivity contribution is 6.30. The molecular formula is C31H35Cl2F3N4O6. The van der Waals surface area contributed by atoms with Crippen LogP contribution >= 0.6 is 23.2 Å². The van der Waals surface area contributed by atoms with Crippen molar-refractivity contribution in [3.63, 3.8) is 0 Å². The molecular weight excluding hydrogens is 652 g/mol. The van der Waals surface area contributed by atoms with Crippen LogP contribution in [0.15, 0.2) is 71.7 Å². The van der Waals surface area contributed by atoms with E-state index in [-0.39, 0.29) is 0 Å². The highest BCUT2D eigenvalue weighted by atomic mass is 35.5. The number of carboxylic acids is 1. The summed E-state index contributed by atoms with van der Waals surface area (Å²) in [6.07, 6.45) is -6.21. The maximum atomic E-state index is 12.6. The molecule has 0 aliphatic carbocycles. The fraction of sp³-hybridized carbons (Fsp3) is 0.323. The molecule has 1 aliphatic heterocycles. The van der Waals surface area contributed by atoms with Crippen molar-refractivity contribution in [2.24, 2.45) is 4.99 Å². The Balaban J connectivity index is 0.000000478. The van der Waals surface area contributed by atoms with Gasteiger partial charge in [-0.3, -0.25) is 9.89 Å². The molecule has 0 saturated carbocycles. The van der Waals surface area contributed by atoms with Gasteiger partial charge in [-0.15, -0.1) is 0 Å². The number of rotatable bonds is 9. The fourth-order valence-corrected chi connectivity index (χ4v) is 4.45. The Bertz CT molecular complexity index is 1450. The van der Waals surface area contributed by atoms with Crippen molar-refractivity contribution in [2.45, 2.75) is 25.2 Å². The van der Waals surface area contributed by atoms with E-state index in [1.807, 2.05) is 45.3 Å². The van der Waals surface area contributed by atoms with Crippen molar-refractivity contribution in [3.8, 4) is 11.5 Å². The zero-order chi connectivity index (χ0) is 34.4. The van der Waals surface area contributed by atoms with Gasteiger partial charge in [0, 0.05) is 29.2 Å². The number of hydrogen-bond donors (Lipinski definition) is 4. The average Bonchev–Trinajstić information content (AvgIpc) is 3.42. The third kappa shape index (κ3) is 10.8. The van der Waals surface area contributed by atoms with Gasteiger partial charge in [0.15, 0.2) is 0 Å². The first-order chi connectivity index (χ1) is 21.8. The number of carboxylic acid groups (broad SMARTS) is 2. The van der Waals surface area contributed by atoms with E-state index in [1.54, 1.807) is 49.6 Å². The number of aliphatic carboxylic acids is 1. The van der Waals surface area contributed by atoms with Crippen LogP contribution in [0.25, 0.3) is 0 Å². The van der Waals surface area contributed by atoms with Crippen molar-refractivity contribution in [2.75, 3.05) is 40.9 Å². The van der Waals surface area contributed by atoms with Gasteiger partial charge >= 0.3 is 18.2 Å². The summed E-state index contributed by atoms with van der Waals surface area (Å²) in [6, 6.07) is 18.5. The molecule has 0 aromatic heterocycles. The number of alkyl halides is 3. The SMILES string of the molecule is CCOc1cc(OC)ccc1C1=NC(c2ccc(Cl)cc2)C(c2ccc(Cl)cc2)N1C(=O)O.CNCCNC.O=C(O)C(F)(F)F. The zero-order valence-corrected chi connectivity index (χ0v) is 27.0. The van der Waals surface area contributed by atoms with E-state index in [0.717, 1.165) is 24.2 Å². The Morgan fingerprint density at radius 1 is 0.913 bits per heavy atom. The number of amidine groups is 1. The molecule has 46 heavy (non-hydrogen) atoms. The predicted octanol–water partition coefficient (Wildman–Crippen LogP) is 6.68. The van der Waals surface area contributed by atoms with Crippen molar-refractivity contribution >= 4 is 41.1 Å². The molecule has 0 fully saturated rings. The summed E-state index contributed by atoms with van der Waals surface area (Å²) in [5.74, 6) is -1.36. The molecule has 10 nitrogen and oxygen atoms in total. The second-order valence-electron chi connectivity index (χ2n) is 9.40. The molecule has 4 N–H and O–H groups in total. The van der Waals surface area contributed by atoms with Gasteiger partial charge in [0.2, 0.25) is 0 Å². The first-order valence-corrected chi connectivity index (χ1v) is 14.6. The molecule has 0 radical (unpaired) electrons. The number of nitrogens with one attached hydrogen (secondary N) is 2. The van der Waals surface area contributed by atoms with Crippen LogP contribution in [0, 0.1) is 0 Å². The Morgan fingerprint density at radius 2 is 1.41 bits per heavy atom. The van der Waals surface area contributed by atoms with Crippen molar-refractivity contribution in [1.82, 2.24) is 15.5 Å². The van der Waals surface area contributed by atoms with Crippen molar-refractivity contribution in [1.29, 1.82) is 0 Å². The fourth-order valence-electron chi connectivity index (χ4n) is 4.19. The monoisotopic (exact) mass is 686 g/mol. The van der Waals surface area contributed by atoms with Crippen LogP contribution in [0.1, 0.15) is 35.7 Å². The number of methoxy groups -OCH3 is 1. The van der Waals surface area contributed by atoms with Gasteiger partial charge in [0.05, 0.1) is 25.3 Å². The van der Waals surface area contributed by atoms with Crippen LogP contribution in [0.4, 0.5) is 18.0 Å². The average molecular weight is 688 g/mol. The van der Waals surface area contributed by atoms with Gasteiger partial charge < -0.3 is 30.3 Å². The van der Waals surface area contributed by atoms with Crippen LogP contribution in [0.3, 0.4) is 0 Å². The van der Waals surface area contributed by atoms with Crippen LogP contribution in [0.2, 0.25) is 10.0 Å². The topological polar surface area (TPSA) is 133 Å². The molecule has 0 spiro atoms. The van der Waals surface area contributed by atoms with E-state index in [9.17, 15) is 23.1 Å². The molecule has 2 unspecified atom stereocenters. The number of halogens is 5. The first kappa shape index (κ1) is 38.1.